The Balaban J connectivity index is 2.52. The third-order valence-corrected chi connectivity index (χ3v) is 4.04. The Morgan fingerprint density at radius 3 is 2.47 bits per heavy atom. The smallest absolute Gasteiger partial charge is 0.215 e. The number of hydrogen-bond donors (Lipinski definition) is 2. The Kier molecular flexibility index (Phi) is 5.58. The third kappa shape index (κ3) is 6.16. The molecule has 0 aliphatic rings. The molecule has 17 heavy (non-hydrogen) atoms. The highest BCUT2D eigenvalue weighted by molar-refractivity contribution is 9.10. The number of aliphatic hydroxyl groups excluding tert-OH is 1. The zero-order valence-corrected chi connectivity index (χ0v) is 12.0. The van der Waals surface area contributed by atoms with Gasteiger partial charge < -0.3 is 5.11 Å². The quantitative estimate of drug-likeness (QED) is 0.837. The van der Waals surface area contributed by atoms with Gasteiger partial charge >= 0.3 is 0 Å². The molecule has 2 N–H and O–H groups in total. The van der Waals surface area contributed by atoms with E-state index >= 15 is 0 Å². The summed E-state index contributed by atoms with van der Waals surface area (Å²) < 4.78 is 26.7. The van der Waals surface area contributed by atoms with Crippen molar-refractivity contribution in [2.45, 2.75) is 25.2 Å². The van der Waals surface area contributed by atoms with Gasteiger partial charge in [-0.1, -0.05) is 28.1 Å². The molecule has 0 saturated carbocycles. The van der Waals surface area contributed by atoms with Gasteiger partial charge in [-0.3, -0.25) is 0 Å². The molecule has 1 rings (SSSR count). The first-order chi connectivity index (χ1) is 7.89. The standard InChI is InChI=1S/C11H16BrNO3S/c1-9(14)6-7-13-17(15,16)8-10-2-4-11(12)5-3-10/h2-5,9,13-14H,6-8H2,1H3. The highest BCUT2D eigenvalue weighted by Gasteiger charge is 2.11. The van der Waals surface area contributed by atoms with Gasteiger partial charge in [0.25, 0.3) is 0 Å². The summed E-state index contributed by atoms with van der Waals surface area (Å²) in [5.41, 5.74) is 0.734. The molecule has 0 heterocycles. The summed E-state index contributed by atoms with van der Waals surface area (Å²) in [4.78, 5) is 0. The van der Waals surface area contributed by atoms with Crippen LogP contribution in [0.4, 0.5) is 0 Å². The fourth-order valence-corrected chi connectivity index (χ4v) is 2.70. The number of rotatable bonds is 6. The van der Waals surface area contributed by atoms with Crippen LogP contribution in [0, 0.1) is 0 Å². The van der Waals surface area contributed by atoms with Crippen LogP contribution in [0.15, 0.2) is 28.7 Å². The van der Waals surface area contributed by atoms with Crippen LogP contribution in [0.3, 0.4) is 0 Å². The predicted molar refractivity (Wildman–Crippen MR) is 71.1 cm³/mol. The molecule has 1 aromatic carbocycles. The lowest BCUT2D eigenvalue weighted by Crippen LogP contribution is -2.27. The number of aliphatic hydroxyl groups is 1. The van der Waals surface area contributed by atoms with Crippen molar-refractivity contribution in [1.82, 2.24) is 4.72 Å². The van der Waals surface area contributed by atoms with Crippen LogP contribution in [0.2, 0.25) is 0 Å². The van der Waals surface area contributed by atoms with E-state index in [1.807, 2.05) is 0 Å². The molecule has 1 aromatic rings. The minimum atomic E-state index is -3.32. The largest absolute Gasteiger partial charge is 0.393 e. The molecule has 96 valence electrons. The first-order valence-corrected chi connectivity index (χ1v) is 7.73. The molecule has 0 aromatic heterocycles. The van der Waals surface area contributed by atoms with Crippen LogP contribution in [0.5, 0.6) is 0 Å². The van der Waals surface area contributed by atoms with Gasteiger partial charge in [0.1, 0.15) is 0 Å². The topological polar surface area (TPSA) is 66.4 Å². The number of hydrogen-bond acceptors (Lipinski definition) is 3. The molecule has 0 bridgehead atoms. The Labute approximate surface area is 110 Å². The Morgan fingerprint density at radius 2 is 1.94 bits per heavy atom. The number of halogens is 1. The normalized spacial score (nSPS) is 13.6. The lowest BCUT2D eigenvalue weighted by atomic mass is 10.2. The molecule has 0 spiro atoms. The van der Waals surface area contributed by atoms with E-state index in [1.54, 1.807) is 31.2 Å². The summed E-state index contributed by atoms with van der Waals surface area (Å²) in [5, 5.41) is 9.03. The van der Waals surface area contributed by atoms with Crippen molar-refractivity contribution in [1.29, 1.82) is 0 Å². The molecule has 4 nitrogen and oxygen atoms in total. The highest BCUT2D eigenvalue weighted by atomic mass is 79.9. The van der Waals surface area contributed by atoms with Crippen molar-refractivity contribution in [3.63, 3.8) is 0 Å². The zero-order chi connectivity index (χ0) is 12.9. The highest BCUT2D eigenvalue weighted by Crippen LogP contribution is 2.12. The molecule has 0 aliphatic heterocycles. The molecule has 0 fully saturated rings. The number of benzene rings is 1. The second-order valence-electron chi connectivity index (χ2n) is 3.92. The van der Waals surface area contributed by atoms with Crippen LogP contribution in [0.25, 0.3) is 0 Å². The minimum absolute atomic E-state index is 0.0416. The molecule has 0 saturated heterocycles. The lowest BCUT2D eigenvalue weighted by Gasteiger charge is -2.08. The van der Waals surface area contributed by atoms with Gasteiger partial charge in [0.05, 0.1) is 11.9 Å². The summed E-state index contributed by atoms with van der Waals surface area (Å²) in [6.45, 7) is 1.89. The Hall–Kier alpha value is -0.430. The van der Waals surface area contributed by atoms with E-state index in [2.05, 4.69) is 20.7 Å². The summed E-state index contributed by atoms with van der Waals surface area (Å²) in [7, 11) is -3.32. The fraction of sp³-hybridized carbons (Fsp3) is 0.455. The summed E-state index contributed by atoms with van der Waals surface area (Å²) in [6.07, 6.45) is -0.0788. The van der Waals surface area contributed by atoms with Crippen LogP contribution >= 0.6 is 15.9 Å². The van der Waals surface area contributed by atoms with E-state index in [1.165, 1.54) is 0 Å². The molecule has 0 radical (unpaired) electrons. The SMILES string of the molecule is CC(O)CCNS(=O)(=O)Cc1ccc(Br)cc1. The number of sulfonamides is 1. The zero-order valence-electron chi connectivity index (χ0n) is 9.56. The van der Waals surface area contributed by atoms with E-state index in [4.69, 9.17) is 5.11 Å². The van der Waals surface area contributed by atoms with Crippen LogP contribution in [-0.2, 0) is 15.8 Å². The first-order valence-electron chi connectivity index (χ1n) is 5.29. The monoisotopic (exact) mass is 321 g/mol. The van der Waals surface area contributed by atoms with Gasteiger partial charge in [-0.2, -0.15) is 0 Å². The maximum Gasteiger partial charge on any atom is 0.215 e. The van der Waals surface area contributed by atoms with Crippen molar-refractivity contribution in [3.05, 3.63) is 34.3 Å². The van der Waals surface area contributed by atoms with E-state index in [0.29, 0.717) is 6.42 Å². The second kappa shape index (κ2) is 6.49. The van der Waals surface area contributed by atoms with Crippen molar-refractivity contribution >= 4 is 26.0 Å². The van der Waals surface area contributed by atoms with Crippen LogP contribution < -0.4 is 4.72 Å². The van der Waals surface area contributed by atoms with Gasteiger partial charge in [0.15, 0.2) is 0 Å². The fourth-order valence-electron chi connectivity index (χ4n) is 1.27. The van der Waals surface area contributed by atoms with Crippen molar-refractivity contribution < 1.29 is 13.5 Å². The minimum Gasteiger partial charge on any atom is -0.393 e. The van der Waals surface area contributed by atoms with E-state index < -0.39 is 16.1 Å². The molecular weight excluding hydrogens is 306 g/mol. The van der Waals surface area contributed by atoms with Crippen molar-refractivity contribution in [2.24, 2.45) is 0 Å². The van der Waals surface area contributed by atoms with E-state index in [9.17, 15) is 8.42 Å². The third-order valence-electron chi connectivity index (χ3n) is 2.15. The molecule has 1 unspecified atom stereocenters. The van der Waals surface area contributed by atoms with Gasteiger partial charge in [-0.15, -0.1) is 0 Å². The molecule has 0 aliphatic carbocycles. The summed E-state index contributed by atoms with van der Waals surface area (Å²) in [5.74, 6) is -0.0416. The molecule has 1 atom stereocenters. The maximum absolute atomic E-state index is 11.7. The first kappa shape index (κ1) is 14.6. The second-order valence-corrected chi connectivity index (χ2v) is 6.64. The summed E-state index contributed by atoms with van der Waals surface area (Å²) in [6, 6.07) is 7.14. The molecule has 0 amide bonds. The lowest BCUT2D eigenvalue weighted by molar-refractivity contribution is 0.186. The molecule has 6 heteroatoms. The van der Waals surface area contributed by atoms with Crippen LogP contribution in [-0.4, -0.2) is 26.2 Å². The van der Waals surface area contributed by atoms with Crippen molar-refractivity contribution in [3.8, 4) is 0 Å². The Bertz CT molecular complexity index is 442. The average Bonchev–Trinajstić information content (AvgIpc) is 2.20. The van der Waals surface area contributed by atoms with E-state index in [0.717, 1.165) is 10.0 Å². The average molecular weight is 322 g/mol. The van der Waals surface area contributed by atoms with Crippen LogP contribution in [0.1, 0.15) is 18.9 Å². The molecular formula is C11H16BrNO3S. The Morgan fingerprint density at radius 1 is 1.35 bits per heavy atom. The van der Waals surface area contributed by atoms with Crippen molar-refractivity contribution in [2.75, 3.05) is 6.54 Å². The van der Waals surface area contributed by atoms with E-state index in [-0.39, 0.29) is 12.3 Å². The maximum atomic E-state index is 11.7. The van der Waals surface area contributed by atoms with Gasteiger partial charge in [0.2, 0.25) is 10.0 Å². The van der Waals surface area contributed by atoms with Gasteiger partial charge in [-0.05, 0) is 31.0 Å². The summed E-state index contributed by atoms with van der Waals surface area (Å²) >= 11 is 3.29. The van der Waals surface area contributed by atoms with Gasteiger partial charge in [0, 0.05) is 11.0 Å². The van der Waals surface area contributed by atoms with Gasteiger partial charge in [-0.25, -0.2) is 13.1 Å². The number of nitrogens with one attached hydrogen (secondary N) is 1. The predicted octanol–water partition coefficient (Wildman–Crippen LogP) is 1.64.